The molecule has 2 aromatic carbocycles. The Hall–Kier alpha value is -3.84. The van der Waals surface area contributed by atoms with Gasteiger partial charge in [-0.15, -0.1) is 0 Å². The number of carbonyl (C=O) groups is 2. The highest BCUT2D eigenvalue weighted by atomic mass is 19.4. The summed E-state index contributed by atoms with van der Waals surface area (Å²) in [6.07, 6.45) is -12.0. The Labute approximate surface area is 219 Å². The van der Waals surface area contributed by atoms with E-state index in [0.717, 1.165) is 12.0 Å². The van der Waals surface area contributed by atoms with Crippen LogP contribution in [0.3, 0.4) is 0 Å². The van der Waals surface area contributed by atoms with E-state index in [9.17, 15) is 41.0 Å². The zero-order valence-electron chi connectivity index (χ0n) is 21.3. The number of halogens is 6. The molecule has 39 heavy (non-hydrogen) atoms. The molecule has 0 fully saturated rings. The van der Waals surface area contributed by atoms with Crippen molar-refractivity contribution in [2.45, 2.75) is 51.2 Å². The van der Waals surface area contributed by atoms with Crippen LogP contribution in [0.4, 0.5) is 41.6 Å². The summed E-state index contributed by atoms with van der Waals surface area (Å²) in [6.45, 7) is 2.54. The highest BCUT2D eigenvalue weighted by Gasteiger charge is 2.41. The monoisotopic (exact) mass is 564 g/mol. The van der Waals surface area contributed by atoms with Crippen molar-refractivity contribution in [1.29, 1.82) is 0 Å². The largest absolute Gasteiger partial charge is 0.504 e. The van der Waals surface area contributed by atoms with Crippen LogP contribution in [0.2, 0.25) is 0 Å². The van der Waals surface area contributed by atoms with Crippen molar-refractivity contribution in [3.63, 3.8) is 0 Å². The summed E-state index contributed by atoms with van der Waals surface area (Å²) in [5, 5.41) is 10.4. The summed E-state index contributed by atoms with van der Waals surface area (Å²) in [4.78, 5) is 27.8. The molecule has 0 aromatic heterocycles. The number of anilines is 1. The summed E-state index contributed by atoms with van der Waals surface area (Å²) >= 11 is 0. The van der Waals surface area contributed by atoms with Gasteiger partial charge in [-0.25, -0.2) is 9.59 Å². The number of phenols is 1. The van der Waals surface area contributed by atoms with Gasteiger partial charge >= 0.3 is 24.5 Å². The summed E-state index contributed by atoms with van der Waals surface area (Å²) in [5.41, 5.74) is -3.17. The fourth-order valence-electron chi connectivity index (χ4n) is 4.50. The quantitative estimate of drug-likeness (QED) is 0.417. The molecule has 1 aliphatic rings. The summed E-state index contributed by atoms with van der Waals surface area (Å²) in [6, 6.07) is 1.91. The van der Waals surface area contributed by atoms with Gasteiger partial charge < -0.3 is 19.3 Å². The first kappa shape index (κ1) is 29.7. The smallest absolute Gasteiger partial charge is 0.416 e. The molecule has 2 atom stereocenters. The van der Waals surface area contributed by atoms with Crippen molar-refractivity contribution in [2.75, 3.05) is 25.7 Å². The minimum Gasteiger partial charge on any atom is -0.504 e. The lowest BCUT2D eigenvalue weighted by Gasteiger charge is -2.42. The molecule has 0 spiro atoms. The zero-order chi connectivity index (χ0) is 29.3. The third-order valence-corrected chi connectivity index (χ3v) is 6.20. The second kappa shape index (κ2) is 11.1. The molecule has 0 bridgehead atoms. The second-order valence-corrected chi connectivity index (χ2v) is 8.76. The Morgan fingerprint density at radius 3 is 2.10 bits per heavy atom. The molecule has 3 rings (SSSR count). The number of methoxy groups -OCH3 is 2. The van der Waals surface area contributed by atoms with Crippen LogP contribution >= 0.6 is 0 Å². The average molecular weight is 564 g/mol. The van der Waals surface area contributed by atoms with Crippen LogP contribution in [0.1, 0.15) is 48.6 Å². The Balaban J connectivity index is 2.18. The molecule has 0 unspecified atom stereocenters. The first-order chi connectivity index (χ1) is 18.1. The van der Waals surface area contributed by atoms with Gasteiger partial charge in [0.2, 0.25) is 0 Å². The summed E-state index contributed by atoms with van der Waals surface area (Å²) in [7, 11) is 2.27. The SMILES string of the molecule is CCOC(=O)N1c2cc(O)c(OC)cc2[C@H](N(Cc2cc(C(F)(F)F)cc(C(F)(F)F)c2)C(=O)OC)C[C@@H]1C. The number of hydrogen-bond donors (Lipinski definition) is 1. The Kier molecular flexibility index (Phi) is 8.46. The maximum Gasteiger partial charge on any atom is 0.416 e. The molecular weight excluding hydrogens is 538 g/mol. The fourth-order valence-corrected chi connectivity index (χ4v) is 4.50. The Morgan fingerprint density at radius 2 is 1.62 bits per heavy atom. The van der Waals surface area contributed by atoms with Gasteiger partial charge in [-0.1, -0.05) is 0 Å². The molecule has 214 valence electrons. The number of ether oxygens (including phenoxy) is 3. The minimum atomic E-state index is -5.08. The fraction of sp³-hybridized carbons (Fsp3) is 0.440. The number of amides is 2. The van der Waals surface area contributed by atoms with E-state index in [4.69, 9.17) is 14.2 Å². The predicted octanol–water partition coefficient (Wildman–Crippen LogP) is 6.50. The number of rotatable bonds is 5. The molecule has 0 aliphatic carbocycles. The maximum atomic E-state index is 13.4. The molecule has 1 N–H and O–H groups in total. The molecule has 0 saturated heterocycles. The van der Waals surface area contributed by atoms with Gasteiger partial charge in [0.25, 0.3) is 0 Å². The molecule has 14 heteroatoms. The third-order valence-electron chi connectivity index (χ3n) is 6.20. The first-order valence-electron chi connectivity index (χ1n) is 11.6. The second-order valence-electron chi connectivity index (χ2n) is 8.76. The topological polar surface area (TPSA) is 88.5 Å². The van der Waals surface area contributed by atoms with E-state index in [-0.39, 0.29) is 41.8 Å². The number of hydrogen-bond acceptors (Lipinski definition) is 6. The van der Waals surface area contributed by atoms with E-state index in [2.05, 4.69) is 0 Å². The molecule has 0 radical (unpaired) electrons. The van der Waals surface area contributed by atoms with E-state index in [1.807, 2.05) is 0 Å². The van der Waals surface area contributed by atoms with Crippen molar-refractivity contribution in [3.8, 4) is 11.5 Å². The van der Waals surface area contributed by atoms with Gasteiger partial charge in [0.15, 0.2) is 11.5 Å². The number of fused-ring (bicyclic) bond motifs is 1. The number of carbonyl (C=O) groups excluding carboxylic acids is 2. The molecule has 2 amide bonds. The van der Waals surface area contributed by atoms with Crippen LogP contribution in [0.15, 0.2) is 30.3 Å². The minimum absolute atomic E-state index is 0.0000661. The van der Waals surface area contributed by atoms with E-state index in [1.54, 1.807) is 13.8 Å². The number of phenolic OH excluding ortho intramolecular Hbond substituents is 1. The van der Waals surface area contributed by atoms with Crippen molar-refractivity contribution in [3.05, 3.63) is 52.6 Å². The highest BCUT2D eigenvalue weighted by Crippen LogP contribution is 2.46. The summed E-state index contributed by atoms with van der Waals surface area (Å²) in [5.74, 6) is -0.393. The Morgan fingerprint density at radius 1 is 1.03 bits per heavy atom. The van der Waals surface area contributed by atoms with E-state index < -0.39 is 59.9 Å². The first-order valence-corrected chi connectivity index (χ1v) is 11.6. The molecule has 1 heterocycles. The number of aromatic hydroxyl groups is 1. The van der Waals surface area contributed by atoms with Crippen LogP contribution in [0, 0.1) is 0 Å². The van der Waals surface area contributed by atoms with Gasteiger partial charge in [0.1, 0.15) is 0 Å². The molecule has 8 nitrogen and oxygen atoms in total. The Bertz CT molecular complexity index is 1200. The van der Waals surface area contributed by atoms with Gasteiger partial charge in [0, 0.05) is 24.2 Å². The lowest BCUT2D eigenvalue weighted by Crippen LogP contribution is -2.47. The summed E-state index contributed by atoms with van der Waals surface area (Å²) < 4.78 is 95.8. The third kappa shape index (κ3) is 6.25. The molecule has 2 aromatic rings. The lowest BCUT2D eigenvalue weighted by atomic mass is 9.90. The molecule has 1 aliphatic heterocycles. The zero-order valence-corrected chi connectivity index (χ0v) is 21.3. The van der Waals surface area contributed by atoms with E-state index >= 15 is 0 Å². The van der Waals surface area contributed by atoms with Gasteiger partial charge in [-0.05, 0) is 50.1 Å². The van der Waals surface area contributed by atoms with Crippen LogP contribution in [0.25, 0.3) is 0 Å². The van der Waals surface area contributed by atoms with Crippen molar-refractivity contribution in [2.24, 2.45) is 0 Å². The predicted molar refractivity (Wildman–Crippen MR) is 125 cm³/mol. The van der Waals surface area contributed by atoms with Gasteiger partial charge in [-0.3, -0.25) is 9.80 Å². The van der Waals surface area contributed by atoms with Crippen LogP contribution in [-0.4, -0.2) is 49.1 Å². The molecule has 0 saturated carbocycles. The maximum absolute atomic E-state index is 13.4. The normalized spacial score (nSPS) is 17.3. The van der Waals surface area contributed by atoms with Crippen molar-refractivity contribution < 1.29 is 55.2 Å². The van der Waals surface area contributed by atoms with Gasteiger partial charge in [-0.2, -0.15) is 26.3 Å². The standard InChI is InChI=1S/C25H26F6N2O6/c1-5-39-23(36)33-13(2)6-18(17-10-21(37-3)20(34)11-19(17)33)32(22(35)38-4)12-14-7-15(24(26,27)28)9-16(8-14)25(29,30)31/h7-11,13,18,34H,5-6,12H2,1-4H3/t13-,18+/m0/s1. The lowest BCUT2D eigenvalue weighted by molar-refractivity contribution is -0.143. The number of alkyl halides is 6. The number of nitrogens with zero attached hydrogens (tertiary/aromatic N) is 2. The van der Waals surface area contributed by atoms with Gasteiger partial charge in [0.05, 0.1) is 43.7 Å². The van der Waals surface area contributed by atoms with Crippen molar-refractivity contribution >= 4 is 17.9 Å². The average Bonchev–Trinajstić information content (AvgIpc) is 2.85. The van der Waals surface area contributed by atoms with Crippen LogP contribution in [0.5, 0.6) is 11.5 Å². The van der Waals surface area contributed by atoms with Crippen LogP contribution in [-0.2, 0) is 28.4 Å². The molecular formula is C25H26F6N2O6. The van der Waals surface area contributed by atoms with E-state index in [0.29, 0.717) is 12.1 Å². The highest BCUT2D eigenvalue weighted by molar-refractivity contribution is 5.91. The van der Waals surface area contributed by atoms with Crippen LogP contribution < -0.4 is 9.64 Å². The number of benzene rings is 2. The van der Waals surface area contributed by atoms with Crippen molar-refractivity contribution in [1.82, 2.24) is 4.90 Å². The van der Waals surface area contributed by atoms with E-state index in [1.165, 1.54) is 24.1 Å².